The van der Waals surface area contributed by atoms with Crippen LogP contribution in [0, 0.1) is 12.8 Å². The molecule has 1 unspecified atom stereocenters. The van der Waals surface area contributed by atoms with Gasteiger partial charge in [0.2, 0.25) is 0 Å². The van der Waals surface area contributed by atoms with Crippen molar-refractivity contribution in [1.82, 2.24) is 15.1 Å². The van der Waals surface area contributed by atoms with E-state index in [1.165, 1.54) is 6.42 Å². The van der Waals surface area contributed by atoms with E-state index >= 15 is 0 Å². The molecule has 4 nitrogen and oxygen atoms in total. The molecule has 0 fully saturated rings. The summed E-state index contributed by atoms with van der Waals surface area (Å²) in [5, 5.41) is 7.89. The van der Waals surface area contributed by atoms with E-state index in [0.29, 0.717) is 28.9 Å². The van der Waals surface area contributed by atoms with E-state index in [0.717, 1.165) is 18.4 Å². The number of halogens is 1. The molecule has 0 aliphatic heterocycles. The topological polar surface area (TPSA) is 46.9 Å². The normalized spacial score (nSPS) is 12.4. The minimum absolute atomic E-state index is 0.124. The molecule has 0 aliphatic carbocycles. The predicted octanol–water partition coefficient (Wildman–Crippen LogP) is 4.84. The average Bonchev–Trinajstić information content (AvgIpc) is 2.82. The van der Waals surface area contributed by atoms with Gasteiger partial charge in [-0.25, -0.2) is 4.68 Å². The van der Waals surface area contributed by atoms with E-state index in [2.05, 4.69) is 24.3 Å². The van der Waals surface area contributed by atoms with Gasteiger partial charge in [0.15, 0.2) is 0 Å². The quantitative estimate of drug-likeness (QED) is 0.731. The van der Waals surface area contributed by atoms with Crippen molar-refractivity contribution in [2.75, 3.05) is 0 Å². The first kappa shape index (κ1) is 19.5. The van der Waals surface area contributed by atoms with Crippen LogP contribution in [-0.2, 0) is 6.54 Å². The van der Waals surface area contributed by atoms with Crippen LogP contribution in [0.3, 0.4) is 0 Å². The number of nitrogens with zero attached hydrogens (tertiary/aromatic N) is 2. The highest BCUT2D eigenvalue weighted by Crippen LogP contribution is 2.21. The molecular weight excluding hydrogens is 334 g/mol. The van der Waals surface area contributed by atoms with Crippen molar-refractivity contribution in [3.63, 3.8) is 0 Å². The van der Waals surface area contributed by atoms with Gasteiger partial charge in [0, 0.05) is 6.04 Å². The first-order valence-electron chi connectivity index (χ1n) is 8.96. The van der Waals surface area contributed by atoms with Crippen LogP contribution in [-0.4, -0.2) is 21.7 Å². The average molecular weight is 362 g/mol. The van der Waals surface area contributed by atoms with Gasteiger partial charge in [-0.1, -0.05) is 68.6 Å². The van der Waals surface area contributed by atoms with E-state index < -0.39 is 0 Å². The zero-order valence-corrected chi connectivity index (χ0v) is 16.3. The molecule has 0 bridgehead atoms. The maximum absolute atomic E-state index is 12.6. The maximum Gasteiger partial charge on any atom is 0.256 e. The Morgan fingerprint density at radius 3 is 2.52 bits per heavy atom. The SMILES string of the molecule is Cc1nn(Cc2ccccc2)c(Cl)c1C(=O)NC(C)CCCC(C)C. The molecule has 1 aromatic heterocycles. The molecule has 1 aromatic carbocycles. The molecule has 1 atom stereocenters. The van der Waals surface area contributed by atoms with E-state index in [1.54, 1.807) is 4.68 Å². The Kier molecular flexibility index (Phi) is 7.06. The van der Waals surface area contributed by atoms with E-state index in [4.69, 9.17) is 11.6 Å². The molecule has 5 heteroatoms. The smallest absolute Gasteiger partial charge is 0.256 e. The number of aromatic nitrogens is 2. The third-order valence-corrected chi connectivity index (χ3v) is 4.65. The standard InChI is InChI=1S/C20H28ClN3O/c1-14(2)9-8-10-15(3)22-20(25)18-16(4)23-24(19(18)21)13-17-11-6-5-7-12-17/h5-7,11-12,14-15H,8-10,13H2,1-4H3,(H,22,25). The van der Waals surface area contributed by atoms with Crippen LogP contribution in [0.4, 0.5) is 0 Å². The van der Waals surface area contributed by atoms with Gasteiger partial charge < -0.3 is 5.32 Å². The van der Waals surface area contributed by atoms with Crippen molar-refractivity contribution in [3.8, 4) is 0 Å². The Bertz CT molecular complexity index is 694. The molecule has 0 saturated carbocycles. The van der Waals surface area contributed by atoms with Crippen molar-refractivity contribution in [2.45, 2.75) is 59.5 Å². The van der Waals surface area contributed by atoms with Crippen molar-refractivity contribution in [2.24, 2.45) is 5.92 Å². The highest BCUT2D eigenvalue weighted by molar-refractivity contribution is 6.33. The number of rotatable bonds is 8. The van der Waals surface area contributed by atoms with Crippen LogP contribution in [0.1, 0.15) is 61.6 Å². The zero-order valence-electron chi connectivity index (χ0n) is 15.6. The second-order valence-electron chi connectivity index (χ2n) is 7.09. The van der Waals surface area contributed by atoms with Crippen molar-refractivity contribution in [1.29, 1.82) is 0 Å². The third kappa shape index (κ3) is 5.60. The van der Waals surface area contributed by atoms with Gasteiger partial charge in [0.25, 0.3) is 5.91 Å². The Morgan fingerprint density at radius 2 is 1.88 bits per heavy atom. The van der Waals surface area contributed by atoms with Crippen LogP contribution in [0.25, 0.3) is 0 Å². The number of hydrogen-bond acceptors (Lipinski definition) is 2. The number of carbonyl (C=O) groups excluding carboxylic acids is 1. The summed E-state index contributed by atoms with van der Waals surface area (Å²) in [5.74, 6) is 0.551. The Labute approximate surface area is 155 Å². The molecule has 1 N–H and O–H groups in total. The summed E-state index contributed by atoms with van der Waals surface area (Å²) >= 11 is 6.44. The van der Waals surface area contributed by atoms with Crippen molar-refractivity contribution in [3.05, 3.63) is 52.3 Å². The van der Waals surface area contributed by atoms with Gasteiger partial charge in [-0.3, -0.25) is 4.79 Å². The first-order chi connectivity index (χ1) is 11.9. The molecule has 0 aliphatic rings. The highest BCUT2D eigenvalue weighted by Gasteiger charge is 2.21. The van der Waals surface area contributed by atoms with Crippen LogP contribution in [0.5, 0.6) is 0 Å². The van der Waals surface area contributed by atoms with Crippen LogP contribution in [0.2, 0.25) is 5.15 Å². The van der Waals surface area contributed by atoms with Crippen LogP contribution < -0.4 is 5.32 Å². The fourth-order valence-corrected chi connectivity index (χ4v) is 3.19. The molecule has 25 heavy (non-hydrogen) atoms. The number of carbonyl (C=O) groups is 1. The second kappa shape index (κ2) is 9.04. The largest absolute Gasteiger partial charge is 0.349 e. The number of hydrogen-bond donors (Lipinski definition) is 1. The molecule has 136 valence electrons. The Hall–Kier alpha value is -1.81. The molecule has 1 amide bonds. The van der Waals surface area contributed by atoms with Crippen molar-refractivity contribution < 1.29 is 4.79 Å². The van der Waals surface area contributed by atoms with E-state index in [-0.39, 0.29) is 11.9 Å². The third-order valence-electron chi connectivity index (χ3n) is 4.26. The fourth-order valence-electron chi connectivity index (χ4n) is 2.87. The molecule has 0 radical (unpaired) electrons. The molecule has 2 rings (SSSR count). The summed E-state index contributed by atoms with van der Waals surface area (Å²) in [5.41, 5.74) is 2.24. The fraction of sp³-hybridized carbons (Fsp3) is 0.500. The van der Waals surface area contributed by atoms with Crippen LogP contribution >= 0.6 is 11.6 Å². The second-order valence-corrected chi connectivity index (χ2v) is 7.45. The molecule has 1 heterocycles. The Balaban J connectivity index is 2.02. The molecule has 0 saturated heterocycles. The number of amides is 1. The minimum Gasteiger partial charge on any atom is -0.349 e. The summed E-state index contributed by atoms with van der Waals surface area (Å²) in [6, 6.07) is 10.1. The van der Waals surface area contributed by atoms with Crippen LogP contribution in [0.15, 0.2) is 30.3 Å². The molecule has 0 spiro atoms. The molecular formula is C20H28ClN3O. The summed E-state index contributed by atoms with van der Waals surface area (Å²) in [6.07, 6.45) is 3.26. The number of benzene rings is 1. The van der Waals surface area contributed by atoms with Crippen molar-refractivity contribution >= 4 is 17.5 Å². The molecule has 2 aromatic rings. The van der Waals surface area contributed by atoms with Gasteiger partial charge in [-0.15, -0.1) is 0 Å². The lowest BCUT2D eigenvalue weighted by Gasteiger charge is -2.14. The van der Waals surface area contributed by atoms with Gasteiger partial charge in [0.1, 0.15) is 5.15 Å². The van der Waals surface area contributed by atoms with Gasteiger partial charge >= 0.3 is 0 Å². The summed E-state index contributed by atoms with van der Waals surface area (Å²) in [6.45, 7) is 8.85. The van der Waals surface area contributed by atoms with Gasteiger partial charge in [0.05, 0.1) is 17.8 Å². The first-order valence-corrected chi connectivity index (χ1v) is 9.34. The van der Waals surface area contributed by atoms with Gasteiger partial charge in [-0.2, -0.15) is 5.10 Å². The maximum atomic E-state index is 12.6. The predicted molar refractivity (Wildman–Crippen MR) is 103 cm³/mol. The van der Waals surface area contributed by atoms with Gasteiger partial charge in [-0.05, 0) is 31.7 Å². The lowest BCUT2D eigenvalue weighted by atomic mass is 10.0. The summed E-state index contributed by atoms with van der Waals surface area (Å²) < 4.78 is 1.69. The van der Waals surface area contributed by atoms with E-state index in [9.17, 15) is 4.79 Å². The lowest BCUT2D eigenvalue weighted by Crippen LogP contribution is -2.33. The summed E-state index contributed by atoms with van der Waals surface area (Å²) in [4.78, 5) is 12.6. The zero-order chi connectivity index (χ0) is 18.4. The number of aryl methyl sites for hydroxylation is 1. The minimum atomic E-state index is -0.140. The Morgan fingerprint density at radius 1 is 1.20 bits per heavy atom. The number of nitrogens with one attached hydrogen (secondary N) is 1. The lowest BCUT2D eigenvalue weighted by molar-refractivity contribution is 0.0937. The highest BCUT2D eigenvalue weighted by atomic mass is 35.5. The monoisotopic (exact) mass is 361 g/mol. The van der Waals surface area contributed by atoms with E-state index in [1.807, 2.05) is 44.2 Å². The summed E-state index contributed by atoms with van der Waals surface area (Å²) in [7, 11) is 0.